The third-order valence-electron chi connectivity index (χ3n) is 15.5. The highest BCUT2D eigenvalue weighted by Crippen LogP contribution is 2.70. The number of nitrogens with one attached hydrogen (secondary N) is 3. The summed E-state index contributed by atoms with van der Waals surface area (Å²) < 4.78 is 13.6. The Morgan fingerprint density at radius 3 is 1.48 bits per heavy atom. The molecule has 1 amide bonds. The van der Waals surface area contributed by atoms with Gasteiger partial charge in [-0.05, 0) is 87.4 Å². The van der Waals surface area contributed by atoms with Crippen molar-refractivity contribution in [2.45, 2.75) is 63.2 Å². The summed E-state index contributed by atoms with van der Waals surface area (Å²) in [7, 11) is 2.91. The number of aryl methyl sites for hydroxylation is 2. The summed E-state index contributed by atoms with van der Waals surface area (Å²) in [6.07, 6.45) is 14.3. The molecule has 0 radical (unpaired) electrons. The van der Waals surface area contributed by atoms with Gasteiger partial charge in [0.15, 0.2) is 11.6 Å². The van der Waals surface area contributed by atoms with Gasteiger partial charge >= 0.3 is 5.97 Å². The van der Waals surface area contributed by atoms with Crippen LogP contribution < -0.4 is 14.8 Å². The Morgan fingerprint density at radius 1 is 0.640 bits per heavy atom. The molecule has 2 aliphatic carbocycles. The molecule has 8 aromatic rings. The van der Waals surface area contributed by atoms with E-state index in [1.165, 1.54) is 66.6 Å². The Morgan fingerprint density at radius 2 is 1.08 bits per heavy atom. The number of rotatable bonds is 10. The first-order valence-electron chi connectivity index (χ1n) is 24.4. The lowest BCUT2D eigenvalue weighted by atomic mass is 9.81. The number of piperidine rings is 2. The van der Waals surface area contributed by atoms with Gasteiger partial charge < -0.3 is 34.8 Å². The number of hydrogen-bond acceptors (Lipinski definition) is 15. The standard InChI is InChI=1S/C27H25N7O3.C14H16N2.C13H11N5O4/c1-17-31-16-34(32-17)24-22-21(20(37-2)13-30-24)19(12-29-22)23(35)25(36)33-10-8-26(9-11-33)14-27(26,15-28)18-6-4-3-5-7-18;15-11-14(12-4-2-1-3-5-12)10-13(14)6-8-16-9-7-13;1-6-16-5-18(17-6)12-10-9(8(22-2)4-15-12)7(3-14-10)11(19)13(20)21/h3-7,12-13,16,29H,8-11,14H2,1-2H3;1-5,16H,6-10H2;3-5,14H,1-2H3,(H,20,21). The minimum atomic E-state index is -1.54. The van der Waals surface area contributed by atoms with Crippen molar-refractivity contribution >= 4 is 45.2 Å². The number of carbonyl (C=O) groups is 4. The van der Waals surface area contributed by atoms with Crippen molar-refractivity contribution < 1.29 is 33.8 Å². The maximum Gasteiger partial charge on any atom is 0.377 e. The van der Waals surface area contributed by atoms with E-state index in [4.69, 9.17) is 14.6 Å². The van der Waals surface area contributed by atoms with Crippen molar-refractivity contribution in [3.8, 4) is 35.3 Å². The number of Topliss-reactive ketones (excluding diaryl/α,β-unsaturated/α-hetero) is 2. The second-order valence-electron chi connectivity index (χ2n) is 19.4. The number of carboxylic acids is 1. The van der Waals surface area contributed by atoms with Gasteiger partial charge in [0.05, 0.1) is 82.5 Å². The summed E-state index contributed by atoms with van der Waals surface area (Å²) in [6, 6.07) is 25.4. The molecule has 0 bridgehead atoms. The first-order chi connectivity index (χ1) is 36.3. The van der Waals surface area contributed by atoms with Crippen molar-refractivity contribution in [3.63, 3.8) is 0 Å². The van der Waals surface area contributed by atoms with Crippen molar-refractivity contribution in [2.75, 3.05) is 40.4 Å². The summed E-state index contributed by atoms with van der Waals surface area (Å²) >= 11 is 0. The van der Waals surface area contributed by atoms with E-state index < -0.39 is 28.9 Å². The molecule has 6 aromatic heterocycles. The van der Waals surface area contributed by atoms with Gasteiger partial charge in [0.25, 0.3) is 17.5 Å². The van der Waals surface area contributed by atoms with Gasteiger partial charge in [0.2, 0.25) is 0 Å². The molecule has 2 saturated heterocycles. The molecule has 2 spiro atoms. The number of carbonyl (C=O) groups excluding carboxylic acids is 3. The van der Waals surface area contributed by atoms with Crippen LogP contribution in [0.15, 0.2) is 98.1 Å². The van der Waals surface area contributed by atoms with E-state index in [0.717, 1.165) is 44.3 Å². The van der Waals surface area contributed by atoms with E-state index in [1.54, 1.807) is 18.7 Å². The topological polar surface area (TPSA) is 289 Å². The minimum Gasteiger partial charge on any atom is -0.494 e. The highest BCUT2D eigenvalue weighted by Gasteiger charge is 2.69. The third-order valence-corrected chi connectivity index (χ3v) is 15.5. The molecule has 2 saturated carbocycles. The van der Waals surface area contributed by atoms with Gasteiger partial charge in [-0.2, -0.15) is 20.7 Å². The van der Waals surface area contributed by atoms with E-state index in [1.807, 2.05) is 48.5 Å². The number of hydrogen-bond donors (Lipinski definition) is 4. The predicted octanol–water partition coefficient (Wildman–Crippen LogP) is 6.07. The minimum absolute atomic E-state index is 0.000151. The lowest BCUT2D eigenvalue weighted by molar-refractivity contribution is -0.131. The smallest absolute Gasteiger partial charge is 0.377 e. The number of aromatic amines is 2. The number of carboxylic acid groups (broad SMARTS) is 1. The number of aliphatic carboxylic acids is 1. The molecular weight excluding hydrogens is 957 g/mol. The van der Waals surface area contributed by atoms with Gasteiger partial charge in [-0.25, -0.2) is 34.1 Å². The second-order valence-corrected chi connectivity index (χ2v) is 19.4. The first kappa shape index (κ1) is 49.5. The monoisotopic (exact) mass is 1010 g/mol. The van der Waals surface area contributed by atoms with Crippen LogP contribution in [0, 0.1) is 47.3 Å². The second kappa shape index (κ2) is 19.4. The Bertz CT molecular complexity index is 3590. The molecule has 4 fully saturated rings. The fourth-order valence-corrected chi connectivity index (χ4v) is 11.4. The quantitative estimate of drug-likeness (QED) is 0.0893. The summed E-state index contributed by atoms with van der Waals surface area (Å²) in [4.78, 5) is 73.9. The Kier molecular flexibility index (Phi) is 12.8. The molecule has 21 nitrogen and oxygen atoms in total. The maximum absolute atomic E-state index is 13.4. The first-order valence-corrected chi connectivity index (χ1v) is 24.4. The van der Waals surface area contributed by atoms with Gasteiger partial charge in [-0.15, -0.1) is 0 Å². The molecule has 380 valence electrons. The Hall–Kier alpha value is -9.08. The Labute approximate surface area is 429 Å². The number of fused-ring (bicyclic) bond motifs is 2. The number of pyridine rings is 2. The summed E-state index contributed by atoms with van der Waals surface area (Å²) in [5.41, 5.74) is 2.87. The van der Waals surface area contributed by atoms with E-state index in [0.29, 0.717) is 82.5 Å². The number of ketones is 2. The molecule has 2 atom stereocenters. The fourth-order valence-electron chi connectivity index (χ4n) is 11.4. The van der Waals surface area contributed by atoms with Crippen molar-refractivity contribution in [1.82, 2.24) is 59.7 Å². The largest absolute Gasteiger partial charge is 0.494 e. The van der Waals surface area contributed by atoms with Crippen LogP contribution in [0.1, 0.15) is 82.0 Å². The SMILES string of the molecule is COc1cnc(-n2cnc(C)n2)c2[nH]cc(C(=O)C(=O)N3CCC4(CC3)CC4(C#N)c3ccccc3)c12.COc1cnc(-n2cnc(C)n2)c2[nH]cc(C(=O)C(=O)O)c12.N#CC1(c2ccccc2)CC12CCNCC2. The van der Waals surface area contributed by atoms with Crippen molar-refractivity contribution in [2.24, 2.45) is 10.8 Å². The predicted molar refractivity (Wildman–Crippen MR) is 270 cm³/mol. The van der Waals surface area contributed by atoms with Crippen LogP contribution in [0.3, 0.4) is 0 Å². The molecule has 4 aliphatic rings. The zero-order valence-corrected chi connectivity index (χ0v) is 41.6. The number of ether oxygens (including phenoxy) is 2. The number of benzene rings is 2. The fraction of sp³-hybridized carbons (Fsp3) is 0.333. The van der Waals surface area contributed by atoms with Gasteiger partial charge in [-0.1, -0.05) is 60.7 Å². The van der Waals surface area contributed by atoms with Gasteiger partial charge in [-0.3, -0.25) is 14.4 Å². The molecule has 4 N–H and O–H groups in total. The van der Waals surface area contributed by atoms with Gasteiger partial charge in [0, 0.05) is 25.5 Å². The maximum atomic E-state index is 13.4. The van der Waals surface area contributed by atoms with Crippen molar-refractivity contribution in [3.05, 3.63) is 132 Å². The zero-order chi connectivity index (χ0) is 52.7. The highest BCUT2D eigenvalue weighted by atomic mass is 16.5. The third kappa shape index (κ3) is 8.40. The molecule has 75 heavy (non-hydrogen) atoms. The molecule has 2 unspecified atom stereocenters. The average molecular weight is 1010 g/mol. The number of likely N-dealkylation sites (tertiary alicyclic amines) is 1. The number of aromatic nitrogens is 10. The average Bonchev–Trinajstić information content (AvgIpc) is 3.84. The van der Waals surface area contributed by atoms with Crippen LogP contribution in [-0.4, -0.2) is 123 Å². The normalized spacial score (nSPS) is 19.7. The van der Waals surface area contributed by atoms with Crippen molar-refractivity contribution in [1.29, 1.82) is 10.5 Å². The molecule has 8 heterocycles. The zero-order valence-electron chi connectivity index (χ0n) is 41.6. The van der Waals surface area contributed by atoms with Crippen LogP contribution >= 0.6 is 0 Å². The van der Waals surface area contributed by atoms with Crippen LogP contribution in [0.2, 0.25) is 0 Å². The van der Waals surface area contributed by atoms with E-state index in [2.05, 4.69) is 69.7 Å². The van der Waals surface area contributed by atoms with E-state index in [-0.39, 0.29) is 27.4 Å². The van der Waals surface area contributed by atoms with Crippen LogP contribution in [0.4, 0.5) is 0 Å². The summed E-state index contributed by atoms with van der Waals surface area (Å²) in [5, 5.41) is 41.2. The van der Waals surface area contributed by atoms with Crippen LogP contribution in [0.25, 0.3) is 33.4 Å². The number of nitrogens with zero attached hydrogens (tertiary/aromatic N) is 11. The number of methoxy groups -OCH3 is 2. The number of H-pyrrole nitrogens is 2. The van der Waals surface area contributed by atoms with Gasteiger partial charge in [0.1, 0.15) is 35.8 Å². The lowest BCUT2D eigenvalue weighted by Gasteiger charge is -2.34. The summed E-state index contributed by atoms with van der Waals surface area (Å²) in [5.74, 6) is -1.10. The number of amides is 1. The number of nitriles is 2. The molecule has 2 aliphatic heterocycles. The van der Waals surface area contributed by atoms with Crippen LogP contribution in [-0.2, 0) is 20.4 Å². The molecule has 21 heteroatoms. The summed E-state index contributed by atoms with van der Waals surface area (Å²) in [6.45, 7) is 6.50. The Balaban J connectivity index is 0.000000142. The van der Waals surface area contributed by atoms with E-state index >= 15 is 0 Å². The lowest BCUT2D eigenvalue weighted by Crippen LogP contribution is -2.44. The highest BCUT2D eigenvalue weighted by molar-refractivity contribution is 6.45. The van der Waals surface area contributed by atoms with E-state index in [9.17, 15) is 29.7 Å². The molecule has 12 rings (SSSR count). The van der Waals surface area contributed by atoms with Crippen LogP contribution in [0.5, 0.6) is 11.5 Å². The molecule has 2 aromatic carbocycles. The molecular formula is C54H52N14O7.